The number of nitrogens with zero attached hydrogens (tertiary/aromatic N) is 1. The van der Waals surface area contributed by atoms with Gasteiger partial charge in [-0.15, -0.1) is 0 Å². The van der Waals surface area contributed by atoms with Crippen LogP contribution >= 0.6 is 15.9 Å². The third-order valence-electron chi connectivity index (χ3n) is 1.89. The van der Waals surface area contributed by atoms with E-state index in [9.17, 15) is 13.6 Å². The molecule has 1 rings (SSSR count). The Morgan fingerprint density at radius 1 is 1.56 bits per heavy atom. The second-order valence-electron chi connectivity index (χ2n) is 2.83. The van der Waals surface area contributed by atoms with Crippen LogP contribution in [0.1, 0.15) is 27.9 Å². The van der Waals surface area contributed by atoms with Gasteiger partial charge in [0.1, 0.15) is 6.07 Å². The number of alkyl halides is 2. The molecule has 0 aliphatic carbocycles. The first-order valence-electron chi connectivity index (χ1n) is 4.11. The van der Waals surface area contributed by atoms with Gasteiger partial charge in [-0.3, -0.25) is 0 Å². The minimum absolute atomic E-state index is 0.0244. The van der Waals surface area contributed by atoms with Crippen molar-refractivity contribution < 1.29 is 18.3 Å². The van der Waals surface area contributed by atoms with Crippen LogP contribution in [0.25, 0.3) is 0 Å². The zero-order valence-corrected chi connectivity index (χ0v) is 9.72. The molecule has 0 spiro atoms. The normalized spacial score (nSPS) is 10.0. The van der Waals surface area contributed by atoms with Crippen LogP contribution in [0.4, 0.5) is 8.78 Å². The number of methoxy groups -OCH3 is 1. The number of esters is 1. The summed E-state index contributed by atoms with van der Waals surface area (Å²) in [7, 11) is 1.15. The first-order chi connectivity index (χ1) is 7.51. The van der Waals surface area contributed by atoms with Crippen LogP contribution in [-0.2, 0) is 4.74 Å². The van der Waals surface area contributed by atoms with Gasteiger partial charge in [0.25, 0.3) is 6.43 Å². The third-order valence-corrected chi connectivity index (χ3v) is 2.51. The van der Waals surface area contributed by atoms with Crippen LogP contribution in [0.15, 0.2) is 16.6 Å². The minimum atomic E-state index is -2.82. The van der Waals surface area contributed by atoms with Crippen LogP contribution in [0.2, 0.25) is 0 Å². The molecule has 0 aliphatic rings. The van der Waals surface area contributed by atoms with Crippen LogP contribution in [0.3, 0.4) is 0 Å². The monoisotopic (exact) mass is 289 g/mol. The maximum atomic E-state index is 12.6. The topological polar surface area (TPSA) is 50.1 Å². The molecule has 16 heavy (non-hydrogen) atoms. The van der Waals surface area contributed by atoms with E-state index in [1.807, 2.05) is 0 Å². The third kappa shape index (κ3) is 2.36. The van der Waals surface area contributed by atoms with Crippen LogP contribution in [-0.4, -0.2) is 13.1 Å². The molecule has 0 aliphatic heterocycles. The summed E-state index contributed by atoms with van der Waals surface area (Å²) >= 11 is 2.96. The Kier molecular flexibility index (Phi) is 3.96. The van der Waals surface area contributed by atoms with E-state index in [2.05, 4.69) is 20.7 Å². The van der Waals surface area contributed by atoms with E-state index < -0.39 is 18.0 Å². The van der Waals surface area contributed by atoms with Crippen molar-refractivity contribution in [1.82, 2.24) is 0 Å². The summed E-state index contributed by atoms with van der Waals surface area (Å²) in [5.41, 5.74) is -0.691. The summed E-state index contributed by atoms with van der Waals surface area (Å²) in [5, 5.41) is 8.71. The molecular formula is C10H6BrF2NO2. The van der Waals surface area contributed by atoms with Gasteiger partial charge in [-0.2, -0.15) is 5.26 Å². The number of halogens is 3. The molecule has 0 radical (unpaired) electrons. The Morgan fingerprint density at radius 2 is 2.19 bits per heavy atom. The van der Waals surface area contributed by atoms with Crippen molar-refractivity contribution in [1.29, 1.82) is 5.26 Å². The fourth-order valence-corrected chi connectivity index (χ4v) is 1.72. The summed E-state index contributed by atoms with van der Waals surface area (Å²) in [4.78, 5) is 11.2. The van der Waals surface area contributed by atoms with Crippen molar-refractivity contribution in [2.24, 2.45) is 0 Å². The molecule has 0 amide bonds. The van der Waals surface area contributed by atoms with Crippen molar-refractivity contribution in [2.45, 2.75) is 6.43 Å². The second kappa shape index (κ2) is 5.03. The average molecular weight is 290 g/mol. The molecular weight excluding hydrogens is 284 g/mol. The molecule has 84 valence electrons. The molecule has 0 saturated heterocycles. The molecule has 0 atom stereocenters. The van der Waals surface area contributed by atoms with Gasteiger partial charge in [-0.25, -0.2) is 13.6 Å². The number of nitriles is 1. The van der Waals surface area contributed by atoms with Crippen molar-refractivity contribution in [3.05, 3.63) is 33.3 Å². The molecule has 0 N–H and O–H groups in total. The SMILES string of the molecule is COC(=O)c1cc(Br)c(C#N)c(C(F)F)c1. The van der Waals surface area contributed by atoms with Gasteiger partial charge < -0.3 is 4.74 Å². The number of carbonyl (C=O) groups is 1. The van der Waals surface area contributed by atoms with Gasteiger partial charge in [-0.1, -0.05) is 0 Å². The Bertz CT molecular complexity index is 469. The highest BCUT2D eigenvalue weighted by Crippen LogP contribution is 2.29. The Balaban J connectivity index is 3.41. The minimum Gasteiger partial charge on any atom is -0.465 e. The predicted octanol–water partition coefficient (Wildman–Crippen LogP) is 3.04. The molecule has 0 aromatic heterocycles. The molecule has 0 unspecified atom stereocenters. The lowest BCUT2D eigenvalue weighted by Gasteiger charge is -2.07. The highest BCUT2D eigenvalue weighted by atomic mass is 79.9. The number of ether oxygens (including phenoxy) is 1. The lowest BCUT2D eigenvalue weighted by Crippen LogP contribution is -2.04. The standard InChI is InChI=1S/C10H6BrF2NO2/c1-16-10(15)5-2-6(9(12)13)7(4-14)8(11)3-5/h2-3,9H,1H3. The molecule has 1 aromatic rings. The number of carbonyl (C=O) groups excluding carboxylic acids is 1. The quantitative estimate of drug-likeness (QED) is 0.786. The zero-order chi connectivity index (χ0) is 12.3. The van der Waals surface area contributed by atoms with Crippen LogP contribution < -0.4 is 0 Å². The van der Waals surface area contributed by atoms with E-state index in [-0.39, 0.29) is 15.6 Å². The summed E-state index contributed by atoms with van der Waals surface area (Å²) < 4.78 is 29.8. The van der Waals surface area contributed by atoms with E-state index in [0.717, 1.165) is 13.2 Å². The zero-order valence-electron chi connectivity index (χ0n) is 8.13. The first-order valence-corrected chi connectivity index (χ1v) is 4.90. The Labute approximate surface area is 98.8 Å². The molecule has 6 heteroatoms. The Hall–Kier alpha value is -1.48. The number of hydrogen-bond acceptors (Lipinski definition) is 3. The van der Waals surface area contributed by atoms with Gasteiger partial charge in [0.05, 0.1) is 18.2 Å². The van der Waals surface area contributed by atoms with Gasteiger partial charge in [-0.05, 0) is 28.1 Å². The summed E-state index contributed by atoms with van der Waals surface area (Å²) in [6, 6.07) is 3.88. The summed E-state index contributed by atoms with van der Waals surface area (Å²) in [6.45, 7) is 0. The van der Waals surface area contributed by atoms with E-state index in [4.69, 9.17) is 5.26 Å². The average Bonchev–Trinajstić information content (AvgIpc) is 2.26. The fourth-order valence-electron chi connectivity index (χ4n) is 1.15. The van der Waals surface area contributed by atoms with E-state index in [1.165, 1.54) is 6.07 Å². The highest BCUT2D eigenvalue weighted by molar-refractivity contribution is 9.10. The number of hydrogen-bond donors (Lipinski definition) is 0. The van der Waals surface area contributed by atoms with Crippen molar-refractivity contribution >= 4 is 21.9 Å². The number of benzene rings is 1. The predicted molar refractivity (Wildman–Crippen MR) is 55.2 cm³/mol. The van der Waals surface area contributed by atoms with Crippen LogP contribution in [0.5, 0.6) is 0 Å². The van der Waals surface area contributed by atoms with Gasteiger partial charge in [0.15, 0.2) is 0 Å². The molecule has 0 heterocycles. The largest absolute Gasteiger partial charge is 0.465 e. The van der Waals surface area contributed by atoms with Gasteiger partial charge >= 0.3 is 5.97 Å². The van der Waals surface area contributed by atoms with E-state index in [0.29, 0.717) is 0 Å². The summed E-state index contributed by atoms with van der Waals surface area (Å²) in [6.07, 6.45) is -2.82. The first kappa shape index (κ1) is 12.6. The van der Waals surface area contributed by atoms with Crippen molar-refractivity contribution in [3.63, 3.8) is 0 Å². The molecule has 0 bridgehead atoms. The van der Waals surface area contributed by atoms with Crippen molar-refractivity contribution in [2.75, 3.05) is 7.11 Å². The summed E-state index contributed by atoms with van der Waals surface area (Å²) in [5.74, 6) is -0.730. The maximum absolute atomic E-state index is 12.6. The number of rotatable bonds is 2. The van der Waals surface area contributed by atoms with Gasteiger partial charge in [0.2, 0.25) is 0 Å². The van der Waals surface area contributed by atoms with Gasteiger partial charge in [0, 0.05) is 10.0 Å². The van der Waals surface area contributed by atoms with E-state index in [1.54, 1.807) is 6.07 Å². The highest BCUT2D eigenvalue weighted by Gasteiger charge is 2.19. The fraction of sp³-hybridized carbons (Fsp3) is 0.200. The molecule has 3 nitrogen and oxygen atoms in total. The smallest absolute Gasteiger partial charge is 0.337 e. The lowest BCUT2D eigenvalue weighted by molar-refractivity contribution is 0.0600. The molecule has 0 saturated carbocycles. The van der Waals surface area contributed by atoms with Crippen molar-refractivity contribution in [3.8, 4) is 6.07 Å². The maximum Gasteiger partial charge on any atom is 0.337 e. The second-order valence-corrected chi connectivity index (χ2v) is 3.68. The van der Waals surface area contributed by atoms with Crippen LogP contribution in [0, 0.1) is 11.3 Å². The Morgan fingerprint density at radius 3 is 2.62 bits per heavy atom. The molecule has 0 fully saturated rings. The molecule has 1 aromatic carbocycles. The van der Waals surface area contributed by atoms with E-state index >= 15 is 0 Å². The lowest BCUT2D eigenvalue weighted by atomic mass is 10.1.